The van der Waals surface area contributed by atoms with Crippen LogP contribution < -0.4 is 101 Å². The van der Waals surface area contributed by atoms with Crippen LogP contribution in [0, 0.1) is 46.9 Å². The molecule has 8 fully saturated rings. The zero-order valence-electron chi connectivity index (χ0n) is 80.7. The van der Waals surface area contributed by atoms with E-state index in [1.807, 2.05) is 40.4 Å². The van der Waals surface area contributed by atoms with Crippen LogP contribution in [0.3, 0.4) is 0 Å². The van der Waals surface area contributed by atoms with Gasteiger partial charge in [0.05, 0.1) is 67.1 Å². The summed E-state index contributed by atoms with van der Waals surface area (Å²) in [5.74, 6) is -5.83. The van der Waals surface area contributed by atoms with Crippen LogP contribution in [-0.2, 0) is 23.7 Å². The zero-order chi connectivity index (χ0) is 99.9. The molecule has 764 valence electrons. The Bertz CT molecular complexity index is 6450. The van der Waals surface area contributed by atoms with Crippen molar-refractivity contribution in [2.45, 2.75) is 202 Å². The van der Waals surface area contributed by atoms with E-state index in [1.54, 1.807) is 41.5 Å². The van der Waals surface area contributed by atoms with Crippen LogP contribution in [-0.4, -0.2) is 240 Å². The Kier molecular flexibility index (Phi) is 29.6. The third-order valence-corrected chi connectivity index (χ3v) is 28.6. The summed E-state index contributed by atoms with van der Waals surface area (Å²) in [6.45, 7) is 16.6. The van der Waals surface area contributed by atoms with E-state index in [4.69, 9.17) is 48.4 Å². The summed E-state index contributed by atoms with van der Waals surface area (Å²) in [6.07, 6.45) is 8.35. The van der Waals surface area contributed by atoms with Crippen LogP contribution in [0.2, 0.25) is 0 Å². The first kappa shape index (κ1) is 106. The Morgan fingerprint density at radius 2 is 0.648 bits per heavy atom. The van der Waals surface area contributed by atoms with Gasteiger partial charge >= 0.3 is 61.0 Å². The van der Waals surface area contributed by atoms with Gasteiger partial charge in [0.2, 0.25) is 0 Å². The van der Waals surface area contributed by atoms with Gasteiger partial charge in [0.1, 0.15) is 108 Å². The van der Waals surface area contributed by atoms with Crippen LogP contribution >= 0.6 is 12.4 Å². The van der Waals surface area contributed by atoms with Crippen LogP contribution in [0.4, 0.5) is 67.9 Å². The number of pyridine rings is 4. The van der Waals surface area contributed by atoms with Crippen molar-refractivity contribution in [1.29, 1.82) is 0 Å². The van der Waals surface area contributed by atoms with Gasteiger partial charge in [0.25, 0.3) is 22.2 Å². The van der Waals surface area contributed by atoms with Crippen molar-refractivity contribution in [3.05, 3.63) is 135 Å². The van der Waals surface area contributed by atoms with Gasteiger partial charge in [0, 0.05) is 114 Å². The number of ether oxygens (including phenoxy) is 9. The fourth-order valence-electron chi connectivity index (χ4n) is 21.2. The first-order valence-corrected chi connectivity index (χ1v) is 46.7. The zero-order valence-corrected chi connectivity index (χ0v) is 81.5. The molecule has 4 saturated heterocycles. The molecule has 0 spiro atoms. The number of aliphatic hydroxyl groups is 1. The molecule has 12 aliphatic rings. The van der Waals surface area contributed by atoms with Gasteiger partial charge in [-0.25, -0.2) is 64.3 Å². The number of nitrogens with two attached hydrogens (primary N) is 1. The number of aromatic nitrogens is 4. The molecule has 8 aliphatic heterocycles. The normalized spacial score (nSPS) is 22.1. The van der Waals surface area contributed by atoms with Gasteiger partial charge in [-0.2, -0.15) is 0 Å². The number of carbonyl (C=O) groups is 7. The molecule has 36 nitrogen and oxygen atoms in total. The Morgan fingerprint density at radius 1 is 0.408 bits per heavy atom. The fraction of sp³-hybridized carbons (Fsp3) is 0.557. The van der Waals surface area contributed by atoms with Crippen molar-refractivity contribution >= 4 is 121 Å². The minimum Gasteiger partial charge on any atom is -0.870 e. The molecule has 8 atom stereocenters. The number of benzene rings is 4. The van der Waals surface area contributed by atoms with Gasteiger partial charge in [-0.3, -0.25) is 37.4 Å². The number of halogens is 8. The summed E-state index contributed by atoms with van der Waals surface area (Å²) in [5.41, 5.74) is 0.337. The number of alkyl halides is 3. The Balaban J connectivity index is 0.000000150. The standard InChI is InChI=1S/C26H31F2N3O6.C26H32FN3O7.C25H29F2N3O6.C20H21F2N3O4.ClH.Li.H2O/c1-25(2,3)37-24(34)29-26(6-7-26)15-5-8-30(12-15)20-18(28)10-14-9-17(23(33)35-4)22(32)31-16(11-27)13-36-21(20)19(14)31;1-25(2,3)37-24(34)28-26(6-7-26)15-5-8-29(11-15)20-18(27)10-14-9-17(23(33)35-4)22(32)30-16(12-31)13-36-21(20)19(14)30;1-24(2,3)36-23(34)28-25(5-6-25)14-4-7-29(11-14)19-17(27)9-13-8-16(22(32)33)21(31)30-15(10-26)12-35-20(19)18(13)30;21-7-12-9-29-17-15-10(5-13(19(27)28)18(26)25(12)15)6-14(22)16(17)24-4-1-11(8-24)20(23)2-3-20;;;/h9-10,15-16H,5-8,11-13H2,1-4H3,(H,29,34);9-10,15-16,31H,5-8,11-13H2,1-4H3,(H,28,34);8-9,14-15H,4-7,10-12H2,1-3H3,(H,28,34)(H,32,33);5-6,11-12H,1-4,7-9,23H2,(H,27,28);1H;;1H2/q;;;;;+1;/p-1/t2*15-,16+;14-,15+;11-,12+;;;/m1111.../s1. The summed E-state index contributed by atoms with van der Waals surface area (Å²) >= 11 is 0. The van der Waals surface area contributed by atoms with E-state index in [0.29, 0.717) is 76.1 Å². The molecule has 4 saturated carbocycles. The average Bonchev–Trinajstić information content (AvgIpc) is 1.34. The Labute approximate surface area is 827 Å². The molecule has 20 rings (SSSR count). The molecule has 4 aromatic heterocycles. The van der Waals surface area contributed by atoms with E-state index in [0.717, 1.165) is 99.7 Å². The Morgan fingerprint density at radius 3 is 0.880 bits per heavy atom. The average molecular weight is 2010 g/mol. The molecule has 142 heavy (non-hydrogen) atoms. The number of rotatable bonds is 19. The number of aromatic carboxylic acids is 2. The maximum atomic E-state index is 15.6. The molecule has 0 bridgehead atoms. The predicted octanol–water partition coefficient (Wildman–Crippen LogP) is 9.38. The molecule has 9 N–H and O–H groups in total. The van der Waals surface area contributed by atoms with Crippen molar-refractivity contribution in [2.24, 2.45) is 29.4 Å². The fourth-order valence-corrected chi connectivity index (χ4v) is 21.2. The largest absolute Gasteiger partial charge is 1.00 e. The summed E-state index contributed by atoms with van der Waals surface area (Å²) in [6, 6.07) is 6.02. The number of nitrogens with zero attached hydrogens (tertiary/aromatic N) is 8. The number of carboxylic acid groups (broad SMARTS) is 2. The van der Waals surface area contributed by atoms with Crippen molar-refractivity contribution in [1.82, 2.24) is 34.2 Å². The van der Waals surface area contributed by atoms with E-state index in [9.17, 15) is 81.2 Å². The van der Waals surface area contributed by atoms with Gasteiger partial charge < -0.3 is 105 Å². The van der Waals surface area contributed by atoms with Crippen LogP contribution in [0.25, 0.3) is 43.6 Å². The smallest absolute Gasteiger partial charge is 0.870 e. The number of carboxylic acids is 2. The molecule has 3 amide bonds. The molecule has 0 radical (unpaired) electrons. The quantitative estimate of drug-likeness (QED) is 0.0171. The van der Waals surface area contributed by atoms with Crippen molar-refractivity contribution in [2.75, 3.05) is 139 Å². The van der Waals surface area contributed by atoms with Gasteiger partial charge in [-0.05, 0) is 194 Å². The van der Waals surface area contributed by atoms with Crippen LogP contribution in [0.1, 0.15) is 205 Å². The van der Waals surface area contributed by atoms with E-state index in [2.05, 4.69) is 16.0 Å². The second kappa shape index (κ2) is 39.7. The minimum absolute atomic E-state index is 0. The number of amides is 3. The topological polar surface area (TPSA) is 456 Å². The maximum Gasteiger partial charge on any atom is 1.00 e. The monoisotopic (exact) mass is 2010 g/mol. The Hall–Kier alpha value is -11.9. The van der Waals surface area contributed by atoms with Gasteiger partial charge in [0.15, 0.2) is 46.3 Å². The third-order valence-electron chi connectivity index (χ3n) is 28.6. The number of nitrogens with one attached hydrogen (secondary N) is 3. The summed E-state index contributed by atoms with van der Waals surface area (Å²) in [4.78, 5) is 144. The van der Waals surface area contributed by atoms with E-state index in [1.165, 1.54) is 45.5 Å². The first-order chi connectivity index (χ1) is 65.7. The van der Waals surface area contributed by atoms with Gasteiger partial charge in [-0.1, -0.05) is 0 Å². The van der Waals surface area contributed by atoms with Crippen LogP contribution in [0.5, 0.6) is 23.0 Å². The number of methoxy groups -OCH3 is 2. The molecule has 8 aromatic rings. The molecule has 0 unspecified atom stereocenters. The van der Waals surface area contributed by atoms with E-state index in [-0.39, 0.29) is 188 Å². The summed E-state index contributed by atoms with van der Waals surface area (Å²) < 4.78 is 157. The van der Waals surface area contributed by atoms with Crippen LogP contribution in [0.15, 0.2) is 67.7 Å². The summed E-state index contributed by atoms with van der Waals surface area (Å²) in [7, 11) is 2.30. The number of aliphatic hydroxyl groups excluding tert-OH is 1. The van der Waals surface area contributed by atoms with E-state index < -0.39 is 177 Å². The number of esters is 2. The molecular formula is C97H115ClF7LiN12O24. The predicted molar refractivity (Wildman–Crippen MR) is 503 cm³/mol. The number of carbonyl (C=O) groups excluding carboxylic acids is 5. The third kappa shape index (κ3) is 19.9. The van der Waals surface area contributed by atoms with Crippen molar-refractivity contribution in [3.63, 3.8) is 0 Å². The SMILES string of the molecule is CC(C)(C)OC(=O)NC1([C@@H]2CCN(c3c(F)cc4cc(C(=O)O)c(=O)n5c4c3OC[C@@H]5CF)C2)CC1.COC(=O)c1cc2cc(F)c(N3CC[C@@H](C4(NC(=O)OC(C)(C)C)CC4)C3)c3c2n(c1=O)[C@@H](CF)CO3.COC(=O)c1cc2cc(F)c(N3CC[C@@H](C4(NC(=O)OC(C)(C)C)CC4)C3)c3c2n(c1=O)[C@@H](CO)CO3.Cl.NC1([C@@H]2CCN(c3c(F)cc4cc(C(=O)O)c(=O)n5c4c3OC[C@@H]5CF)C2)CC1.[Li+].[OH-]. The maximum absolute atomic E-state index is 15.6. The molecule has 4 aliphatic carbocycles. The number of hydrogen-bond acceptors (Lipinski definition) is 27. The molecule has 4 aromatic carbocycles. The second-order valence-electron chi connectivity index (χ2n) is 41.2. The van der Waals surface area contributed by atoms with Gasteiger partial charge in [-0.15, -0.1) is 12.4 Å². The molecule has 45 heteroatoms. The number of anilines is 4. The van der Waals surface area contributed by atoms with Crippen molar-refractivity contribution in [3.8, 4) is 23.0 Å². The van der Waals surface area contributed by atoms with Crippen molar-refractivity contribution < 1.29 is 147 Å². The minimum atomic E-state index is -1.46. The summed E-state index contributed by atoms with van der Waals surface area (Å²) in [5, 5.41) is 38.7. The number of hydrogen-bond donors (Lipinski definition) is 7. The van der Waals surface area contributed by atoms with E-state index >= 15 is 17.6 Å². The molecule has 12 heterocycles. The second-order valence-corrected chi connectivity index (χ2v) is 41.2. The molecular weight excluding hydrogens is 1890 g/mol. The first-order valence-electron chi connectivity index (χ1n) is 46.7. The number of alkyl carbamates (subject to hydrolysis) is 3.